The van der Waals surface area contributed by atoms with Gasteiger partial charge in [0.2, 0.25) is 0 Å². The van der Waals surface area contributed by atoms with Crippen LogP contribution in [0, 0.1) is 13.8 Å². The molecule has 0 unspecified atom stereocenters. The Balaban J connectivity index is 1.62. The fourth-order valence-corrected chi connectivity index (χ4v) is 3.26. The van der Waals surface area contributed by atoms with Gasteiger partial charge in [-0.1, -0.05) is 18.2 Å². The molecule has 5 nitrogen and oxygen atoms in total. The molecule has 0 spiro atoms. The Morgan fingerprint density at radius 2 is 1.64 bits per heavy atom. The number of nitrogens with zero attached hydrogens (tertiary/aromatic N) is 1. The smallest absolute Gasteiger partial charge is 0.323 e. The molecule has 0 saturated carbocycles. The Kier molecular flexibility index (Phi) is 4.49. The van der Waals surface area contributed by atoms with Crippen LogP contribution in [0.25, 0.3) is 16.6 Å². The average Bonchev–Trinajstić information content (AvgIpc) is 3.10. The van der Waals surface area contributed by atoms with Gasteiger partial charge in [-0.25, -0.2) is 4.79 Å². The first-order chi connectivity index (χ1) is 13.5. The van der Waals surface area contributed by atoms with Gasteiger partial charge >= 0.3 is 6.03 Å². The summed E-state index contributed by atoms with van der Waals surface area (Å²) in [6.45, 7) is 3.96. The number of amides is 2. The predicted molar refractivity (Wildman–Crippen MR) is 113 cm³/mol. The lowest BCUT2D eigenvalue weighted by atomic mass is 10.1. The zero-order chi connectivity index (χ0) is 19.7. The van der Waals surface area contributed by atoms with Gasteiger partial charge in [0.25, 0.3) is 0 Å². The molecule has 28 heavy (non-hydrogen) atoms. The number of nitrogens with one attached hydrogen (secondary N) is 2. The summed E-state index contributed by atoms with van der Waals surface area (Å²) < 4.78 is 2.02. The highest BCUT2D eigenvalue weighted by Crippen LogP contribution is 2.28. The summed E-state index contributed by atoms with van der Waals surface area (Å²) in [7, 11) is 0. The van der Waals surface area contributed by atoms with Gasteiger partial charge in [-0.05, 0) is 73.5 Å². The molecule has 4 aromatic rings. The second kappa shape index (κ2) is 7.12. The van der Waals surface area contributed by atoms with E-state index in [0.717, 1.165) is 39.1 Å². The number of fused-ring (bicyclic) bond motifs is 1. The fraction of sp³-hybridized carbons (Fsp3) is 0.0870. The normalized spacial score (nSPS) is 10.8. The van der Waals surface area contributed by atoms with E-state index in [9.17, 15) is 9.90 Å². The number of aryl methyl sites for hydroxylation is 2. The van der Waals surface area contributed by atoms with Gasteiger partial charge in [-0.2, -0.15) is 0 Å². The number of phenols is 1. The number of rotatable bonds is 3. The van der Waals surface area contributed by atoms with Gasteiger partial charge < -0.3 is 20.3 Å². The Morgan fingerprint density at radius 3 is 2.43 bits per heavy atom. The monoisotopic (exact) mass is 371 g/mol. The summed E-state index contributed by atoms with van der Waals surface area (Å²) in [4.78, 5) is 12.5. The van der Waals surface area contributed by atoms with Crippen molar-refractivity contribution in [3.05, 3.63) is 84.1 Å². The summed E-state index contributed by atoms with van der Waals surface area (Å²) in [5.74, 6) is 0.227. The molecular formula is C23H21N3O2. The Bertz CT molecular complexity index is 1160. The van der Waals surface area contributed by atoms with E-state index in [1.165, 1.54) is 0 Å². The molecule has 0 radical (unpaired) electrons. The maximum Gasteiger partial charge on any atom is 0.323 e. The lowest BCUT2D eigenvalue weighted by Gasteiger charge is -2.12. The summed E-state index contributed by atoms with van der Waals surface area (Å²) in [6, 6.07) is 20.4. The average molecular weight is 371 g/mol. The van der Waals surface area contributed by atoms with E-state index in [2.05, 4.69) is 10.6 Å². The van der Waals surface area contributed by atoms with Gasteiger partial charge in [0.1, 0.15) is 5.75 Å². The van der Waals surface area contributed by atoms with Crippen molar-refractivity contribution in [3.63, 3.8) is 0 Å². The summed E-state index contributed by atoms with van der Waals surface area (Å²) in [6.07, 6.45) is 1.95. The minimum absolute atomic E-state index is 0.227. The summed E-state index contributed by atoms with van der Waals surface area (Å²) >= 11 is 0. The van der Waals surface area contributed by atoms with Crippen LogP contribution in [0.2, 0.25) is 0 Å². The molecule has 0 aliphatic heterocycles. The Labute approximate surface area is 163 Å². The first-order valence-corrected chi connectivity index (χ1v) is 9.06. The van der Waals surface area contributed by atoms with Gasteiger partial charge in [0.05, 0.1) is 11.2 Å². The van der Waals surface area contributed by atoms with Crippen molar-refractivity contribution >= 4 is 28.3 Å². The number of phenolic OH excluding ortho intramolecular Hbond substituents is 1. The topological polar surface area (TPSA) is 66.3 Å². The molecule has 1 heterocycles. The third-order valence-corrected chi connectivity index (χ3v) is 4.75. The van der Waals surface area contributed by atoms with Crippen molar-refractivity contribution in [2.24, 2.45) is 0 Å². The molecule has 140 valence electrons. The minimum Gasteiger partial charge on any atom is -0.508 e. The van der Waals surface area contributed by atoms with Crippen LogP contribution in [0.5, 0.6) is 5.75 Å². The minimum atomic E-state index is -0.279. The number of anilines is 2. The molecule has 0 aliphatic rings. The number of carbonyl (C=O) groups is 1. The molecule has 0 aliphatic carbocycles. The molecule has 2 amide bonds. The zero-order valence-corrected chi connectivity index (χ0v) is 15.7. The Morgan fingerprint density at radius 1 is 0.893 bits per heavy atom. The standard InChI is InChI=1S/C23H21N3O2/c1-15-6-7-16(2)21(14-15)25-23(28)24-20-4-3-5-22-19(20)12-13-26(22)17-8-10-18(27)11-9-17/h3-14,27H,1-2H3,(H2,24,25,28). The van der Waals surface area contributed by atoms with Crippen LogP contribution >= 0.6 is 0 Å². The SMILES string of the molecule is Cc1ccc(C)c(NC(=O)Nc2cccc3c2ccn3-c2ccc(O)cc2)c1. The number of aromatic hydroxyl groups is 1. The molecule has 1 aromatic heterocycles. The molecule has 0 fully saturated rings. The van der Waals surface area contributed by atoms with E-state index in [4.69, 9.17) is 0 Å². The largest absolute Gasteiger partial charge is 0.508 e. The highest BCUT2D eigenvalue weighted by molar-refractivity contribution is 6.06. The van der Waals surface area contributed by atoms with Crippen LogP contribution in [0.15, 0.2) is 72.9 Å². The predicted octanol–water partition coefficient (Wildman–Crippen LogP) is 5.60. The van der Waals surface area contributed by atoms with E-state index in [1.807, 2.05) is 79.2 Å². The quantitative estimate of drug-likeness (QED) is 0.439. The molecule has 0 bridgehead atoms. The third-order valence-electron chi connectivity index (χ3n) is 4.75. The molecule has 4 rings (SSSR count). The van der Waals surface area contributed by atoms with Crippen LogP contribution in [0.3, 0.4) is 0 Å². The second-order valence-corrected chi connectivity index (χ2v) is 6.84. The van der Waals surface area contributed by atoms with Crippen LogP contribution in [-0.2, 0) is 0 Å². The van der Waals surface area contributed by atoms with Crippen LogP contribution in [0.1, 0.15) is 11.1 Å². The van der Waals surface area contributed by atoms with Gasteiger partial charge in [0, 0.05) is 23.0 Å². The number of aromatic nitrogens is 1. The summed E-state index contributed by atoms with van der Waals surface area (Å²) in [5, 5.41) is 16.3. The fourth-order valence-electron chi connectivity index (χ4n) is 3.26. The van der Waals surface area contributed by atoms with Crippen molar-refractivity contribution in [2.75, 3.05) is 10.6 Å². The van der Waals surface area contributed by atoms with E-state index < -0.39 is 0 Å². The number of urea groups is 1. The van der Waals surface area contributed by atoms with Crippen molar-refractivity contribution in [1.82, 2.24) is 4.57 Å². The van der Waals surface area contributed by atoms with Crippen LogP contribution < -0.4 is 10.6 Å². The highest BCUT2D eigenvalue weighted by Gasteiger charge is 2.10. The van der Waals surface area contributed by atoms with Crippen molar-refractivity contribution < 1.29 is 9.90 Å². The van der Waals surface area contributed by atoms with E-state index in [0.29, 0.717) is 0 Å². The molecule has 3 aromatic carbocycles. The van der Waals surface area contributed by atoms with Crippen LogP contribution in [0.4, 0.5) is 16.2 Å². The number of benzene rings is 3. The molecule has 3 N–H and O–H groups in total. The van der Waals surface area contributed by atoms with E-state index in [1.54, 1.807) is 12.1 Å². The first-order valence-electron chi connectivity index (χ1n) is 9.06. The molecule has 0 atom stereocenters. The maximum atomic E-state index is 12.5. The van der Waals surface area contributed by atoms with E-state index in [-0.39, 0.29) is 11.8 Å². The van der Waals surface area contributed by atoms with Gasteiger partial charge in [-0.15, -0.1) is 0 Å². The summed E-state index contributed by atoms with van der Waals surface area (Å²) in [5.41, 5.74) is 5.54. The lowest BCUT2D eigenvalue weighted by molar-refractivity contribution is 0.262. The molecular weight excluding hydrogens is 350 g/mol. The highest BCUT2D eigenvalue weighted by atomic mass is 16.3. The number of hydrogen-bond donors (Lipinski definition) is 3. The lowest BCUT2D eigenvalue weighted by Crippen LogP contribution is -2.20. The number of carbonyl (C=O) groups excluding carboxylic acids is 1. The first kappa shape index (κ1) is 17.7. The maximum absolute atomic E-state index is 12.5. The molecule has 5 heteroatoms. The zero-order valence-electron chi connectivity index (χ0n) is 15.7. The van der Waals surface area contributed by atoms with Gasteiger partial charge in [-0.3, -0.25) is 0 Å². The Hall–Kier alpha value is -3.73. The van der Waals surface area contributed by atoms with Crippen molar-refractivity contribution in [2.45, 2.75) is 13.8 Å². The second-order valence-electron chi connectivity index (χ2n) is 6.84. The van der Waals surface area contributed by atoms with E-state index >= 15 is 0 Å². The number of hydrogen-bond acceptors (Lipinski definition) is 2. The van der Waals surface area contributed by atoms with Crippen molar-refractivity contribution in [1.29, 1.82) is 0 Å². The van der Waals surface area contributed by atoms with Gasteiger partial charge in [0.15, 0.2) is 0 Å². The molecule has 0 saturated heterocycles. The third kappa shape index (κ3) is 3.42. The van der Waals surface area contributed by atoms with Crippen molar-refractivity contribution in [3.8, 4) is 11.4 Å². The van der Waals surface area contributed by atoms with Crippen LogP contribution in [-0.4, -0.2) is 15.7 Å².